The van der Waals surface area contributed by atoms with Gasteiger partial charge in [0.15, 0.2) is 6.29 Å². The quantitative estimate of drug-likeness (QED) is 0.0339. The first-order valence-electron chi connectivity index (χ1n) is 36.6. The minimum Gasteiger partial charge on any atom is -0.382 e. The highest BCUT2D eigenvalue weighted by Gasteiger charge is 2.21. The number of fused-ring (bicyclic) bond motifs is 4. The fourth-order valence-electron chi connectivity index (χ4n) is 12.1. The van der Waals surface area contributed by atoms with Gasteiger partial charge in [-0.3, -0.25) is 4.79 Å². The van der Waals surface area contributed by atoms with Crippen LogP contribution in [0.25, 0.3) is 43.1 Å². The van der Waals surface area contributed by atoms with Gasteiger partial charge in [-0.15, -0.1) is 0 Å². The maximum atomic E-state index is 10.9. The molecule has 14 rings (SSSR count). The second-order valence-corrected chi connectivity index (χ2v) is 34.0. The smallest absolute Gasteiger partial charge is 0.150 e. The van der Waals surface area contributed by atoms with Crippen LogP contribution in [0.2, 0.25) is 18.1 Å². The van der Waals surface area contributed by atoms with E-state index >= 15 is 0 Å². The number of benzene rings is 8. The Kier molecular flexibility index (Phi) is 36.1. The number of H-pyrrole nitrogens is 4. The van der Waals surface area contributed by atoms with Gasteiger partial charge in [0.1, 0.15) is 23.3 Å². The third-order valence-corrected chi connectivity index (χ3v) is 25.8. The number of carbonyl (C=O) groups excluding carboxylic acids is 1. The van der Waals surface area contributed by atoms with Gasteiger partial charge in [0.05, 0.1) is 60.7 Å². The highest BCUT2D eigenvalue weighted by Crippen LogP contribution is 2.37. The summed E-state index contributed by atoms with van der Waals surface area (Å²) in [6.07, 6.45) is 10.6. The molecule has 0 saturated heterocycles. The van der Waals surface area contributed by atoms with E-state index in [1.54, 1.807) is 25.3 Å². The molecule has 0 fully saturated rings. The summed E-state index contributed by atoms with van der Waals surface area (Å²) in [4.78, 5) is 56.4. The summed E-state index contributed by atoms with van der Waals surface area (Å²) in [6.45, 7) is 22.9. The third-order valence-electron chi connectivity index (χ3n) is 18.7. The Balaban J connectivity index is 0.000000201. The second kappa shape index (κ2) is 44.2. The van der Waals surface area contributed by atoms with Crippen LogP contribution in [0.5, 0.6) is 0 Å². The Morgan fingerprint density at radius 2 is 0.798 bits per heavy atom. The molecule has 0 radical (unpaired) electrons. The fraction of sp³-hybridized carbons (Fsp3) is 0.314. The highest BCUT2D eigenvalue weighted by molar-refractivity contribution is 14.1. The van der Waals surface area contributed by atoms with E-state index in [0.717, 1.165) is 120 Å². The molecule has 19 nitrogen and oxygen atoms in total. The van der Waals surface area contributed by atoms with E-state index in [2.05, 4.69) is 234 Å². The Labute approximate surface area is 687 Å². The second-order valence-electron chi connectivity index (χ2n) is 26.8. The zero-order valence-corrected chi connectivity index (χ0v) is 74.9. The topological polar surface area (TPSA) is 221 Å². The Morgan fingerprint density at radius 3 is 1.09 bits per heavy atom. The number of aryl methyl sites for hydroxylation is 7. The summed E-state index contributed by atoms with van der Waals surface area (Å²) in [6, 6.07) is 53.6. The van der Waals surface area contributed by atoms with Gasteiger partial charge in [0.2, 0.25) is 0 Å². The normalized spacial score (nSPS) is 11.0. The number of hydrogen-bond acceptors (Lipinski definition) is 13. The first kappa shape index (κ1) is 89.2. The fourth-order valence-corrected chi connectivity index (χ4v) is 14.9. The van der Waals surface area contributed by atoms with Crippen molar-refractivity contribution in [2.75, 3.05) is 76.0 Å². The molecule has 0 amide bonds. The molecule has 109 heavy (non-hydrogen) atoms. The van der Waals surface area contributed by atoms with E-state index in [9.17, 15) is 15.0 Å². The lowest BCUT2D eigenvalue weighted by Crippen LogP contribution is -2.10. The third kappa shape index (κ3) is 24.1. The molecule has 6 heterocycles. The molecule has 0 bridgehead atoms. The number of aldehydes is 1. The number of nitrogens with zero attached hydrogens (tertiary/aromatic N) is 12. The van der Waals surface area contributed by atoms with Gasteiger partial charge in [0, 0.05) is 164 Å². The molecule has 2 atom stereocenters. The van der Waals surface area contributed by atoms with E-state index in [1.807, 2.05) is 217 Å². The maximum absolute atomic E-state index is 10.9. The van der Waals surface area contributed by atoms with Crippen molar-refractivity contribution in [2.45, 2.75) is 113 Å². The van der Waals surface area contributed by atoms with Crippen molar-refractivity contribution < 1.29 is 15.0 Å². The van der Waals surface area contributed by atoms with Crippen LogP contribution in [0, 0.1) is 52.6 Å². The van der Waals surface area contributed by atoms with Crippen LogP contribution < -0.4 is 19.6 Å². The van der Waals surface area contributed by atoms with E-state index in [0.29, 0.717) is 11.4 Å². The minimum atomic E-state index is -0.725. The molecule has 0 aliphatic carbocycles. The van der Waals surface area contributed by atoms with Gasteiger partial charge in [-0.2, -0.15) is 0 Å². The van der Waals surface area contributed by atoms with E-state index in [-0.39, 0.29) is 8.80 Å². The standard InChI is InChI=1S/2C17H19N3O.C17H19N3.C13H13NO.C6H16Si.2C5H7IN2.C4H5IN2.C2H6/c2*1-11-16(19-10-18-11)17(21)14-8-9-15(20(2)3)13-7-5-4-6-12(13)14;1-12-16(19-11-18-12)10-13-8-9-17(20(2)3)15-7-5-4-6-14(13)15;1-14(2)13-8-7-10(9-15)11-5-3-4-6-12(11)13;1-4-7(5-2)6-3;1-4-5(6)7-3-8(4)2;1-4-5(6)8(2)3-7-4;1-3-4(5)7-2-6-3;1-2/h2*4-10,17,21H,1-3H3,(H,18,19);4-9,11H,10H2,1-3H3,(H,18,19);3-9H,1-2H3;7H,4-6H2,1-3H3;2*3H,1-2H3;2H,1H3,(H,6,7);1-2H3. The van der Waals surface area contributed by atoms with Crippen LogP contribution in [-0.2, 0) is 20.5 Å². The highest BCUT2D eigenvalue weighted by atomic mass is 127. The SMILES string of the molecule is CC.CC[SiH](CC)CC.CN(C)c1ccc(C=O)c2ccccc12.Cc1[nH]cnc1C(O)c1ccc(N(C)C)c2ccccc12.Cc1[nH]cnc1C(O)c1ccc(N(C)C)c2ccccc12.Cc1[nH]cnc1Cc1ccc(N(C)C)c2ccccc12.Cc1[nH]cnc1I.Cc1c(I)ncn1C.Cc1ncn(C)c1I. The lowest BCUT2D eigenvalue weighted by atomic mass is 9.96. The van der Waals surface area contributed by atoms with Gasteiger partial charge < -0.3 is 58.9 Å². The minimum absolute atomic E-state index is 0.171. The molecule has 0 spiro atoms. The maximum Gasteiger partial charge on any atom is 0.150 e. The molecular formula is C86H111I3N16O3Si. The molecule has 0 aliphatic heterocycles. The van der Waals surface area contributed by atoms with Crippen LogP contribution in [0.3, 0.4) is 0 Å². The summed E-state index contributed by atoms with van der Waals surface area (Å²) < 4.78 is 7.35. The summed E-state index contributed by atoms with van der Waals surface area (Å²) in [5.41, 5.74) is 17.4. The number of anilines is 4. The summed E-state index contributed by atoms with van der Waals surface area (Å²) in [7, 11) is 20.1. The van der Waals surface area contributed by atoms with Gasteiger partial charge in [-0.1, -0.05) is 168 Å². The number of rotatable bonds is 14. The number of nitrogens with one attached hydrogen (secondary N) is 4. The van der Waals surface area contributed by atoms with Crippen molar-refractivity contribution in [2.24, 2.45) is 14.1 Å². The van der Waals surface area contributed by atoms with Crippen molar-refractivity contribution in [1.29, 1.82) is 0 Å². The molecule has 14 aromatic rings. The van der Waals surface area contributed by atoms with Crippen LogP contribution >= 0.6 is 67.8 Å². The summed E-state index contributed by atoms with van der Waals surface area (Å²) in [5, 5.41) is 30.5. The van der Waals surface area contributed by atoms with E-state index in [4.69, 9.17) is 0 Å². The van der Waals surface area contributed by atoms with Gasteiger partial charge in [-0.25, -0.2) is 29.9 Å². The molecule has 2 unspecified atom stereocenters. The largest absolute Gasteiger partial charge is 0.382 e. The number of aliphatic hydroxyl groups excluding tert-OH is 2. The number of aromatic nitrogens is 12. The summed E-state index contributed by atoms with van der Waals surface area (Å²) >= 11 is 6.65. The number of hydrogen-bond donors (Lipinski definition) is 6. The van der Waals surface area contributed by atoms with Crippen LogP contribution in [0.15, 0.2) is 184 Å². The van der Waals surface area contributed by atoms with Gasteiger partial charge in [0.25, 0.3) is 0 Å². The molecule has 0 aliphatic rings. The summed E-state index contributed by atoms with van der Waals surface area (Å²) in [5.74, 6) is 0. The number of carbonyl (C=O) groups is 1. The monoisotopic (exact) mass is 1820 g/mol. The average Bonchev–Trinajstić information content (AvgIpc) is 1.78. The van der Waals surface area contributed by atoms with Crippen molar-refractivity contribution in [3.8, 4) is 0 Å². The molecule has 23 heteroatoms. The van der Waals surface area contributed by atoms with Crippen molar-refractivity contribution >= 4 is 149 Å². The lowest BCUT2D eigenvalue weighted by Gasteiger charge is -2.19. The first-order chi connectivity index (χ1) is 52.2. The Morgan fingerprint density at radius 1 is 0.431 bits per heavy atom. The first-order valence-corrected chi connectivity index (χ1v) is 42.3. The molecule has 6 aromatic heterocycles. The number of aromatic amines is 4. The predicted molar refractivity (Wildman–Crippen MR) is 487 cm³/mol. The molecule has 578 valence electrons. The van der Waals surface area contributed by atoms with Crippen LogP contribution in [-0.4, -0.2) is 141 Å². The molecular weight excluding hydrogens is 1710 g/mol. The zero-order chi connectivity index (χ0) is 80.2. The van der Waals surface area contributed by atoms with Crippen LogP contribution in [0.4, 0.5) is 22.7 Å². The Bertz CT molecular complexity index is 4870. The average molecular weight is 1830 g/mol. The van der Waals surface area contributed by atoms with Crippen LogP contribution in [0.1, 0.15) is 125 Å². The number of imidazole rings is 6. The van der Waals surface area contributed by atoms with E-state index < -0.39 is 12.2 Å². The molecule has 8 aromatic carbocycles. The predicted octanol–water partition coefficient (Wildman–Crippen LogP) is 19.6. The van der Waals surface area contributed by atoms with Crippen molar-refractivity contribution in [3.05, 3.63) is 268 Å². The van der Waals surface area contributed by atoms with E-state index in [1.165, 1.54) is 49.6 Å². The Hall–Kier alpha value is -8.74. The van der Waals surface area contributed by atoms with Crippen molar-refractivity contribution in [3.63, 3.8) is 0 Å². The zero-order valence-electron chi connectivity index (χ0n) is 67.3. The number of halogens is 3. The molecule has 0 saturated carbocycles. The number of aliphatic hydroxyl groups is 2. The van der Waals surface area contributed by atoms with Gasteiger partial charge in [-0.05, 0) is 178 Å². The lowest BCUT2D eigenvalue weighted by molar-refractivity contribution is 0.112. The van der Waals surface area contributed by atoms with Gasteiger partial charge >= 0.3 is 0 Å². The molecule has 6 N–H and O–H groups in total. The van der Waals surface area contributed by atoms with Crippen molar-refractivity contribution in [1.82, 2.24) is 59.0 Å².